The summed E-state index contributed by atoms with van der Waals surface area (Å²) in [5.74, 6) is -0.0464. The molecule has 150 valence electrons. The van der Waals surface area contributed by atoms with E-state index in [-0.39, 0.29) is 18.2 Å². The van der Waals surface area contributed by atoms with Crippen LogP contribution in [0, 0.1) is 11.3 Å². The number of rotatable bonds is 3. The predicted octanol–water partition coefficient (Wildman–Crippen LogP) is 2.99. The summed E-state index contributed by atoms with van der Waals surface area (Å²) in [7, 11) is 0. The van der Waals surface area contributed by atoms with Gasteiger partial charge in [-0.2, -0.15) is 28.5 Å². The molecular formula is C19H13F3N8. The minimum Gasteiger partial charge on any atom is -0.398 e. The zero-order valence-electron chi connectivity index (χ0n) is 15.2. The van der Waals surface area contributed by atoms with Gasteiger partial charge in [0, 0.05) is 23.6 Å². The van der Waals surface area contributed by atoms with Gasteiger partial charge in [0.25, 0.3) is 0 Å². The third kappa shape index (κ3) is 3.46. The first-order valence-electron chi connectivity index (χ1n) is 8.56. The Bertz CT molecular complexity index is 1300. The minimum atomic E-state index is -4.56. The van der Waals surface area contributed by atoms with E-state index >= 15 is 0 Å². The molecule has 0 atom stereocenters. The van der Waals surface area contributed by atoms with Gasteiger partial charge in [0.2, 0.25) is 5.95 Å². The summed E-state index contributed by atoms with van der Waals surface area (Å²) in [5.41, 5.74) is 12.0. The number of nitriles is 1. The Balaban J connectivity index is 1.80. The van der Waals surface area contributed by atoms with E-state index < -0.39 is 11.7 Å². The summed E-state index contributed by atoms with van der Waals surface area (Å²) in [5, 5.41) is 13.8. The number of aromatic nitrogens is 5. The van der Waals surface area contributed by atoms with E-state index in [1.165, 1.54) is 35.4 Å². The lowest BCUT2D eigenvalue weighted by molar-refractivity contribution is -0.136. The van der Waals surface area contributed by atoms with E-state index in [1.807, 2.05) is 6.07 Å². The van der Waals surface area contributed by atoms with Crippen molar-refractivity contribution in [2.75, 3.05) is 11.5 Å². The molecule has 3 aromatic heterocycles. The molecule has 30 heavy (non-hydrogen) atoms. The molecule has 0 aliphatic heterocycles. The van der Waals surface area contributed by atoms with E-state index in [4.69, 9.17) is 16.7 Å². The van der Waals surface area contributed by atoms with Crippen LogP contribution in [0.4, 0.5) is 24.8 Å². The van der Waals surface area contributed by atoms with Crippen LogP contribution in [-0.4, -0.2) is 24.7 Å². The lowest BCUT2D eigenvalue weighted by Gasteiger charge is -2.12. The number of fused-ring (bicyclic) bond motifs is 1. The first-order valence-corrected chi connectivity index (χ1v) is 8.56. The standard InChI is InChI=1S/C19H13F3N8/c20-19(21,22)14-4-10(1-2-15(14)24)9-30-17-13(8-27-30)16(28-18(25)29-17)12-3-11(5-23)6-26-7-12/h1-4,6-8H,9,24H2,(H2,25,28,29). The van der Waals surface area contributed by atoms with Crippen molar-refractivity contribution in [3.8, 4) is 17.3 Å². The fourth-order valence-electron chi connectivity index (χ4n) is 3.06. The van der Waals surface area contributed by atoms with Gasteiger partial charge in [0.1, 0.15) is 6.07 Å². The Kier molecular flexibility index (Phi) is 4.46. The quantitative estimate of drug-likeness (QED) is 0.496. The number of anilines is 2. The molecule has 0 saturated heterocycles. The van der Waals surface area contributed by atoms with Gasteiger partial charge in [0.05, 0.1) is 34.9 Å². The maximum atomic E-state index is 13.1. The van der Waals surface area contributed by atoms with Crippen LogP contribution >= 0.6 is 0 Å². The monoisotopic (exact) mass is 410 g/mol. The average molecular weight is 410 g/mol. The van der Waals surface area contributed by atoms with E-state index in [9.17, 15) is 13.2 Å². The van der Waals surface area contributed by atoms with Crippen LogP contribution in [0.2, 0.25) is 0 Å². The third-order valence-electron chi connectivity index (χ3n) is 4.41. The molecule has 0 aliphatic carbocycles. The fraction of sp³-hybridized carbons (Fsp3) is 0.105. The number of hydrogen-bond donors (Lipinski definition) is 2. The lowest BCUT2D eigenvalue weighted by Crippen LogP contribution is -2.11. The first-order chi connectivity index (χ1) is 14.3. The van der Waals surface area contributed by atoms with Gasteiger partial charge in [-0.15, -0.1) is 0 Å². The van der Waals surface area contributed by atoms with Crippen LogP contribution < -0.4 is 11.5 Å². The molecule has 4 N–H and O–H groups in total. The molecule has 4 aromatic rings. The maximum Gasteiger partial charge on any atom is 0.418 e. The van der Waals surface area contributed by atoms with Crippen LogP contribution in [0.5, 0.6) is 0 Å². The zero-order valence-corrected chi connectivity index (χ0v) is 15.2. The summed E-state index contributed by atoms with van der Waals surface area (Å²) in [6.07, 6.45) is -0.140. The number of nitrogens with two attached hydrogens (primary N) is 2. The number of pyridine rings is 1. The largest absolute Gasteiger partial charge is 0.418 e. The number of benzene rings is 1. The topological polar surface area (TPSA) is 132 Å². The van der Waals surface area contributed by atoms with Gasteiger partial charge in [-0.25, -0.2) is 9.67 Å². The van der Waals surface area contributed by atoms with Crippen LogP contribution in [-0.2, 0) is 12.7 Å². The second kappa shape index (κ2) is 7.00. The summed E-state index contributed by atoms with van der Waals surface area (Å²) < 4.78 is 40.9. The highest BCUT2D eigenvalue weighted by Gasteiger charge is 2.33. The molecule has 0 amide bonds. The molecule has 8 nitrogen and oxygen atoms in total. The molecule has 0 radical (unpaired) electrons. The van der Waals surface area contributed by atoms with Gasteiger partial charge < -0.3 is 11.5 Å². The summed E-state index contributed by atoms with van der Waals surface area (Å²) >= 11 is 0. The van der Waals surface area contributed by atoms with Crippen molar-refractivity contribution < 1.29 is 13.2 Å². The second-order valence-corrected chi connectivity index (χ2v) is 6.46. The summed E-state index contributed by atoms with van der Waals surface area (Å²) in [6.45, 7) is 0.0131. The number of hydrogen-bond acceptors (Lipinski definition) is 7. The minimum absolute atomic E-state index is 0.0131. The Morgan fingerprint density at radius 2 is 1.87 bits per heavy atom. The Hall–Kier alpha value is -4.20. The highest BCUT2D eigenvalue weighted by Crippen LogP contribution is 2.34. The van der Waals surface area contributed by atoms with Crippen molar-refractivity contribution in [2.45, 2.75) is 12.7 Å². The van der Waals surface area contributed by atoms with Gasteiger partial charge in [-0.3, -0.25) is 4.98 Å². The Labute approximate surface area is 167 Å². The molecule has 0 aliphatic rings. The van der Waals surface area contributed by atoms with E-state index in [0.29, 0.717) is 33.4 Å². The molecule has 1 aromatic carbocycles. The van der Waals surface area contributed by atoms with E-state index in [1.54, 1.807) is 6.07 Å². The summed E-state index contributed by atoms with van der Waals surface area (Å²) in [4.78, 5) is 12.4. The first kappa shape index (κ1) is 19.1. The van der Waals surface area contributed by atoms with Crippen molar-refractivity contribution in [3.63, 3.8) is 0 Å². The van der Waals surface area contributed by atoms with Crippen LogP contribution in [0.25, 0.3) is 22.3 Å². The molecule has 0 unspecified atom stereocenters. The zero-order chi connectivity index (χ0) is 21.5. The Morgan fingerprint density at radius 1 is 1.07 bits per heavy atom. The molecule has 0 bridgehead atoms. The van der Waals surface area contributed by atoms with Crippen molar-refractivity contribution in [1.29, 1.82) is 5.26 Å². The molecule has 0 fully saturated rings. The van der Waals surface area contributed by atoms with Gasteiger partial charge >= 0.3 is 6.18 Å². The molecular weight excluding hydrogens is 397 g/mol. The average Bonchev–Trinajstić information content (AvgIpc) is 3.10. The van der Waals surface area contributed by atoms with Crippen molar-refractivity contribution in [2.24, 2.45) is 0 Å². The number of nitrogen functional groups attached to an aromatic ring is 2. The molecule has 0 saturated carbocycles. The van der Waals surface area contributed by atoms with Crippen molar-refractivity contribution in [1.82, 2.24) is 24.7 Å². The SMILES string of the molecule is N#Cc1cncc(-c2nc(N)nc3c2cnn3Cc2ccc(N)c(C(F)(F)F)c2)c1. The molecule has 3 heterocycles. The maximum absolute atomic E-state index is 13.1. The normalized spacial score (nSPS) is 11.5. The van der Waals surface area contributed by atoms with Gasteiger partial charge in [-0.1, -0.05) is 6.07 Å². The molecule has 4 rings (SSSR count). The van der Waals surface area contributed by atoms with Gasteiger partial charge in [0.15, 0.2) is 5.65 Å². The third-order valence-corrected chi connectivity index (χ3v) is 4.41. The van der Waals surface area contributed by atoms with E-state index in [2.05, 4.69) is 20.1 Å². The number of alkyl halides is 3. The highest BCUT2D eigenvalue weighted by atomic mass is 19.4. The molecule has 11 heteroatoms. The fourth-order valence-corrected chi connectivity index (χ4v) is 3.06. The van der Waals surface area contributed by atoms with Crippen molar-refractivity contribution in [3.05, 3.63) is 59.5 Å². The summed E-state index contributed by atoms with van der Waals surface area (Å²) in [6, 6.07) is 7.27. The highest BCUT2D eigenvalue weighted by molar-refractivity contribution is 5.91. The van der Waals surface area contributed by atoms with Gasteiger partial charge in [-0.05, 0) is 23.8 Å². The molecule has 0 spiro atoms. The smallest absolute Gasteiger partial charge is 0.398 e. The number of nitrogens with zero attached hydrogens (tertiary/aromatic N) is 6. The van der Waals surface area contributed by atoms with Crippen LogP contribution in [0.1, 0.15) is 16.7 Å². The number of halogens is 3. The van der Waals surface area contributed by atoms with E-state index in [0.717, 1.165) is 6.07 Å². The lowest BCUT2D eigenvalue weighted by atomic mass is 10.1. The van der Waals surface area contributed by atoms with Crippen LogP contribution in [0.3, 0.4) is 0 Å². The Morgan fingerprint density at radius 3 is 2.60 bits per heavy atom. The van der Waals surface area contributed by atoms with Crippen LogP contribution in [0.15, 0.2) is 42.9 Å². The van der Waals surface area contributed by atoms with Crippen molar-refractivity contribution >= 4 is 22.7 Å². The second-order valence-electron chi connectivity index (χ2n) is 6.46. The predicted molar refractivity (Wildman–Crippen MR) is 103 cm³/mol.